The molecule has 2 atom stereocenters. The number of unbranched alkanes of at least 4 members (excludes halogenated alkanes) is 4. The molecule has 0 radical (unpaired) electrons. The molecule has 0 aliphatic heterocycles. The second-order valence-electron chi connectivity index (χ2n) is 9.09. The highest BCUT2D eigenvalue weighted by Gasteiger charge is 2.24. The van der Waals surface area contributed by atoms with E-state index in [9.17, 15) is 0 Å². The highest BCUT2D eigenvalue weighted by Crippen LogP contribution is 2.39. The molecular weight excluding hydrogens is 352 g/mol. The largest absolute Gasteiger partial charge is 0.494 e. The quantitative estimate of drug-likeness (QED) is 0.211. The zero-order valence-corrected chi connectivity index (χ0v) is 19.6. The number of benzene rings is 1. The lowest BCUT2D eigenvalue weighted by Gasteiger charge is -2.30. The van der Waals surface area contributed by atoms with Crippen molar-refractivity contribution in [3.8, 4) is 5.75 Å². The van der Waals surface area contributed by atoms with Crippen LogP contribution in [-0.2, 0) is 0 Å². The fourth-order valence-corrected chi connectivity index (χ4v) is 4.86. The van der Waals surface area contributed by atoms with Crippen molar-refractivity contribution in [3.63, 3.8) is 0 Å². The van der Waals surface area contributed by atoms with Crippen molar-refractivity contribution in [3.05, 3.63) is 41.5 Å². The molecule has 1 aliphatic rings. The Morgan fingerprint density at radius 2 is 1.59 bits per heavy atom. The van der Waals surface area contributed by atoms with Crippen LogP contribution in [0.25, 0.3) is 0 Å². The van der Waals surface area contributed by atoms with Gasteiger partial charge in [0.15, 0.2) is 0 Å². The van der Waals surface area contributed by atoms with Gasteiger partial charge in [-0.15, -0.1) is 0 Å². The molecule has 164 valence electrons. The minimum absolute atomic E-state index is 0.672. The van der Waals surface area contributed by atoms with Crippen LogP contribution in [0.5, 0.6) is 5.75 Å². The molecule has 0 fully saturated rings. The number of hydrogen-bond acceptors (Lipinski definition) is 1. The van der Waals surface area contributed by atoms with E-state index in [-0.39, 0.29) is 0 Å². The Balaban J connectivity index is 2.10. The molecule has 0 saturated carbocycles. The molecule has 0 aromatic heterocycles. The number of rotatable bonds is 15. The van der Waals surface area contributed by atoms with E-state index >= 15 is 0 Å². The van der Waals surface area contributed by atoms with Gasteiger partial charge in [-0.05, 0) is 74.5 Å². The highest BCUT2D eigenvalue weighted by molar-refractivity contribution is 5.31. The summed E-state index contributed by atoms with van der Waals surface area (Å²) in [6.45, 7) is 7.76. The smallest absolute Gasteiger partial charge is 0.119 e. The first-order valence-corrected chi connectivity index (χ1v) is 12.7. The first-order chi connectivity index (χ1) is 14.3. The summed E-state index contributed by atoms with van der Waals surface area (Å²) < 4.78 is 5.97. The van der Waals surface area contributed by atoms with E-state index in [1.165, 1.54) is 89.0 Å². The summed E-state index contributed by atoms with van der Waals surface area (Å²) >= 11 is 0. The number of ether oxygens (including phenoxy) is 1. The minimum Gasteiger partial charge on any atom is -0.494 e. The second-order valence-corrected chi connectivity index (χ2v) is 9.09. The lowest BCUT2D eigenvalue weighted by molar-refractivity contribution is 0.305. The van der Waals surface area contributed by atoms with Crippen LogP contribution in [0.3, 0.4) is 0 Å². The van der Waals surface area contributed by atoms with Gasteiger partial charge in [0.2, 0.25) is 0 Å². The molecule has 0 spiro atoms. The minimum atomic E-state index is 0.672. The highest BCUT2D eigenvalue weighted by atomic mass is 16.5. The van der Waals surface area contributed by atoms with E-state index in [1.54, 1.807) is 5.57 Å². The molecule has 2 unspecified atom stereocenters. The molecule has 1 heteroatoms. The predicted molar refractivity (Wildman–Crippen MR) is 128 cm³/mol. The Labute approximate surface area is 181 Å². The van der Waals surface area contributed by atoms with Gasteiger partial charge in [-0.3, -0.25) is 0 Å². The summed E-state index contributed by atoms with van der Waals surface area (Å²) in [5, 5.41) is 0. The maximum Gasteiger partial charge on any atom is 0.119 e. The summed E-state index contributed by atoms with van der Waals surface area (Å²) in [5.41, 5.74) is 3.25. The van der Waals surface area contributed by atoms with Gasteiger partial charge < -0.3 is 4.74 Å². The zero-order chi connectivity index (χ0) is 20.7. The number of allylic oxidation sites excluding steroid dienone is 2. The molecule has 1 aromatic rings. The molecule has 1 nitrogen and oxygen atoms in total. The van der Waals surface area contributed by atoms with E-state index in [0.717, 1.165) is 24.7 Å². The van der Waals surface area contributed by atoms with E-state index in [2.05, 4.69) is 51.1 Å². The van der Waals surface area contributed by atoms with Crippen LogP contribution in [0, 0.1) is 5.92 Å². The maximum atomic E-state index is 5.97. The third kappa shape index (κ3) is 8.97. The first kappa shape index (κ1) is 24.0. The van der Waals surface area contributed by atoms with Crippen molar-refractivity contribution >= 4 is 0 Å². The zero-order valence-electron chi connectivity index (χ0n) is 19.6. The summed E-state index contributed by atoms with van der Waals surface area (Å²) in [4.78, 5) is 0. The van der Waals surface area contributed by atoms with Gasteiger partial charge in [-0.25, -0.2) is 0 Å². The fraction of sp³-hybridized carbons (Fsp3) is 0.714. The Hall–Kier alpha value is -1.24. The van der Waals surface area contributed by atoms with Crippen LogP contribution in [-0.4, -0.2) is 6.61 Å². The van der Waals surface area contributed by atoms with E-state index in [1.807, 2.05) is 0 Å². The fourth-order valence-electron chi connectivity index (χ4n) is 4.86. The molecule has 29 heavy (non-hydrogen) atoms. The summed E-state index contributed by atoms with van der Waals surface area (Å²) in [6, 6.07) is 9.18. The maximum absolute atomic E-state index is 5.97. The Morgan fingerprint density at radius 3 is 2.24 bits per heavy atom. The molecule has 0 bridgehead atoms. The predicted octanol–water partition coefficient (Wildman–Crippen LogP) is 9.23. The van der Waals surface area contributed by atoms with E-state index < -0.39 is 0 Å². The van der Waals surface area contributed by atoms with E-state index in [4.69, 9.17) is 4.74 Å². The van der Waals surface area contributed by atoms with Gasteiger partial charge in [-0.1, -0.05) is 89.5 Å². The van der Waals surface area contributed by atoms with Gasteiger partial charge in [0, 0.05) is 0 Å². The molecule has 0 saturated heterocycles. The van der Waals surface area contributed by atoms with Crippen LogP contribution in [0.15, 0.2) is 35.9 Å². The van der Waals surface area contributed by atoms with Crippen LogP contribution in [0.2, 0.25) is 0 Å². The average Bonchev–Trinajstić information content (AvgIpc) is 2.76. The lowest BCUT2D eigenvalue weighted by Crippen LogP contribution is -2.15. The normalized spacial score (nSPS) is 16.3. The monoisotopic (exact) mass is 398 g/mol. The van der Waals surface area contributed by atoms with Crippen LogP contribution in [0.4, 0.5) is 0 Å². The van der Waals surface area contributed by atoms with Crippen molar-refractivity contribution < 1.29 is 4.74 Å². The third-order valence-corrected chi connectivity index (χ3v) is 6.60. The van der Waals surface area contributed by atoms with Gasteiger partial charge in [0.05, 0.1) is 6.61 Å². The van der Waals surface area contributed by atoms with Crippen LogP contribution in [0.1, 0.15) is 122 Å². The van der Waals surface area contributed by atoms with Crippen molar-refractivity contribution in [2.75, 3.05) is 6.61 Å². The molecule has 0 N–H and O–H groups in total. The SMILES string of the molecule is CCCCCOc1ccc(C(CC2=CCCCC2)C(CCC)CCCCC)cc1. The average molecular weight is 399 g/mol. The van der Waals surface area contributed by atoms with Gasteiger partial charge >= 0.3 is 0 Å². The summed E-state index contributed by atoms with van der Waals surface area (Å²) in [6.07, 6.45) is 21.0. The second kappa shape index (κ2) is 14.7. The summed E-state index contributed by atoms with van der Waals surface area (Å²) in [5.74, 6) is 2.52. The Morgan fingerprint density at radius 1 is 0.828 bits per heavy atom. The van der Waals surface area contributed by atoms with Crippen LogP contribution < -0.4 is 4.74 Å². The molecule has 1 aliphatic carbocycles. The van der Waals surface area contributed by atoms with Gasteiger partial charge in [0.1, 0.15) is 5.75 Å². The van der Waals surface area contributed by atoms with Crippen LogP contribution >= 0.6 is 0 Å². The van der Waals surface area contributed by atoms with Crippen molar-refractivity contribution in [2.45, 2.75) is 117 Å². The first-order valence-electron chi connectivity index (χ1n) is 12.7. The Bertz CT molecular complexity index is 556. The molecule has 0 amide bonds. The molecule has 2 rings (SSSR count). The summed E-state index contributed by atoms with van der Waals surface area (Å²) in [7, 11) is 0. The van der Waals surface area contributed by atoms with E-state index in [0.29, 0.717) is 5.92 Å². The Kier molecular flexibility index (Phi) is 12.2. The van der Waals surface area contributed by atoms with Crippen molar-refractivity contribution in [1.29, 1.82) is 0 Å². The molecule has 0 heterocycles. The standard InChI is InChI=1S/C28H46O/c1-4-7-10-17-25(14-6-3)28(23-24-15-11-9-12-16-24)26-18-20-27(21-19-26)29-22-13-8-5-2/h15,18-21,25,28H,4-14,16-17,22-23H2,1-3H3. The van der Waals surface area contributed by atoms with Crippen molar-refractivity contribution in [2.24, 2.45) is 5.92 Å². The third-order valence-electron chi connectivity index (χ3n) is 6.60. The molecular formula is C28H46O. The van der Waals surface area contributed by atoms with Crippen molar-refractivity contribution in [1.82, 2.24) is 0 Å². The topological polar surface area (TPSA) is 9.23 Å². The number of hydrogen-bond donors (Lipinski definition) is 0. The van der Waals surface area contributed by atoms with Gasteiger partial charge in [-0.2, -0.15) is 0 Å². The lowest BCUT2D eigenvalue weighted by atomic mass is 9.75. The van der Waals surface area contributed by atoms with Gasteiger partial charge in [0.25, 0.3) is 0 Å². The molecule has 1 aromatic carbocycles.